The first kappa shape index (κ1) is 12.6. The van der Waals surface area contributed by atoms with E-state index in [4.69, 9.17) is 9.41 Å². The van der Waals surface area contributed by atoms with E-state index >= 15 is 0 Å². The molecule has 1 atom stereocenters. The predicted octanol–water partition coefficient (Wildman–Crippen LogP) is 3.33. The summed E-state index contributed by atoms with van der Waals surface area (Å²) in [6.45, 7) is 0. The Bertz CT molecular complexity index is 775. The highest BCUT2D eigenvalue weighted by molar-refractivity contribution is 6.00. The molecule has 1 spiro atoms. The molecule has 5 heteroatoms. The van der Waals surface area contributed by atoms with Gasteiger partial charge in [0.1, 0.15) is 17.1 Å². The van der Waals surface area contributed by atoms with E-state index in [2.05, 4.69) is 10.9 Å². The zero-order valence-electron chi connectivity index (χ0n) is 12.2. The number of furan rings is 1. The highest BCUT2D eigenvalue weighted by Gasteiger charge is 2.50. The minimum Gasteiger partial charge on any atom is -0.453 e. The van der Waals surface area contributed by atoms with Crippen LogP contribution in [0.1, 0.15) is 37.9 Å². The third-order valence-electron chi connectivity index (χ3n) is 5.57. The van der Waals surface area contributed by atoms with E-state index in [1.54, 1.807) is 18.2 Å². The van der Waals surface area contributed by atoms with Crippen LogP contribution in [0, 0.1) is 17.7 Å². The van der Waals surface area contributed by atoms with Crippen LogP contribution in [0.5, 0.6) is 0 Å². The lowest BCUT2D eigenvalue weighted by molar-refractivity contribution is 0.0506. The Hall–Kier alpha value is -1.88. The molecule has 3 aliphatic carbocycles. The second-order valence-electron chi connectivity index (χ2n) is 6.82. The molecule has 4 nitrogen and oxygen atoms in total. The molecule has 2 heterocycles. The fourth-order valence-electron chi connectivity index (χ4n) is 4.42. The van der Waals surface area contributed by atoms with Crippen molar-refractivity contribution in [2.75, 3.05) is 0 Å². The first-order chi connectivity index (χ1) is 10.7. The van der Waals surface area contributed by atoms with Crippen LogP contribution in [0.2, 0.25) is 0 Å². The maximum atomic E-state index is 13.8. The number of nitrogens with zero attached hydrogens (tertiary/aromatic N) is 1. The van der Waals surface area contributed by atoms with Crippen molar-refractivity contribution in [2.45, 2.75) is 37.8 Å². The van der Waals surface area contributed by atoms with Crippen molar-refractivity contribution in [1.82, 2.24) is 10.9 Å². The third kappa shape index (κ3) is 1.69. The Morgan fingerprint density at radius 3 is 2.82 bits per heavy atom. The molecule has 6 rings (SSSR count). The van der Waals surface area contributed by atoms with Gasteiger partial charge >= 0.3 is 0 Å². The van der Waals surface area contributed by atoms with Gasteiger partial charge in [-0.1, -0.05) is 6.07 Å². The maximum Gasteiger partial charge on any atom is 0.181 e. The van der Waals surface area contributed by atoms with Crippen LogP contribution < -0.4 is 10.9 Å². The predicted molar refractivity (Wildman–Crippen MR) is 81.8 cm³/mol. The van der Waals surface area contributed by atoms with Gasteiger partial charge in [0.2, 0.25) is 0 Å². The number of benzene rings is 1. The average molecular weight is 299 g/mol. The van der Waals surface area contributed by atoms with Crippen LogP contribution in [-0.2, 0) is 0 Å². The largest absolute Gasteiger partial charge is 0.453 e. The number of hydrogen-bond donors (Lipinski definition) is 2. The zero-order chi connectivity index (χ0) is 14.7. The molecule has 1 aromatic carbocycles. The summed E-state index contributed by atoms with van der Waals surface area (Å²) in [7, 11) is 0. The summed E-state index contributed by atoms with van der Waals surface area (Å²) in [5.74, 6) is 2.40. The molecule has 4 aliphatic rings. The van der Waals surface area contributed by atoms with Crippen molar-refractivity contribution < 1.29 is 8.81 Å². The molecular weight excluding hydrogens is 281 g/mol. The van der Waals surface area contributed by atoms with Crippen LogP contribution >= 0.6 is 0 Å². The fourth-order valence-corrected chi connectivity index (χ4v) is 4.42. The number of rotatable bonds is 1. The van der Waals surface area contributed by atoms with Gasteiger partial charge in [-0.2, -0.15) is 0 Å². The number of fused-ring (bicyclic) bond motifs is 3. The molecule has 2 N–H and O–H groups in total. The van der Waals surface area contributed by atoms with Gasteiger partial charge in [0, 0.05) is 0 Å². The van der Waals surface area contributed by atoms with E-state index in [1.165, 1.54) is 31.7 Å². The number of hydrogen-bond acceptors (Lipinski definition) is 4. The van der Waals surface area contributed by atoms with Gasteiger partial charge < -0.3 is 9.84 Å². The van der Waals surface area contributed by atoms with Crippen LogP contribution in [-0.4, -0.2) is 11.5 Å². The molecule has 1 aromatic heterocycles. The number of hydrazine groups is 1. The Balaban J connectivity index is 1.55. The molecule has 3 fully saturated rings. The van der Waals surface area contributed by atoms with Gasteiger partial charge in [-0.25, -0.2) is 14.8 Å². The Labute approximate surface area is 127 Å². The summed E-state index contributed by atoms with van der Waals surface area (Å²) < 4.78 is 19.6. The SMILES string of the molecule is Fc1cccc2oc(C3=N[C@]4(CC5CCC4CC5)NN3)cc12. The number of halogens is 1. The van der Waals surface area contributed by atoms with Crippen molar-refractivity contribution in [1.29, 1.82) is 0 Å². The average Bonchev–Trinajstić information content (AvgIpc) is 3.14. The van der Waals surface area contributed by atoms with Crippen molar-refractivity contribution >= 4 is 16.8 Å². The van der Waals surface area contributed by atoms with Crippen LogP contribution in [0.15, 0.2) is 33.7 Å². The first-order valence-corrected chi connectivity index (χ1v) is 8.05. The lowest BCUT2D eigenvalue weighted by atomic mass is 9.65. The molecule has 0 saturated heterocycles. The van der Waals surface area contributed by atoms with E-state index < -0.39 is 0 Å². The second-order valence-corrected chi connectivity index (χ2v) is 6.82. The summed E-state index contributed by atoms with van der Waals surface area (Å²) in [4.78, 5) is 4.94. The topological polar surface area (TPSA) is 49.6 Å². The van der Waals surface area contributed by atoms with Gasteiger partial charge in [-0.3, -0.25) is 0 Å². The van der Waals surface area contributed by atoms with Crippen LogP contribution in [0.3, 0.4) is 0 Å². The lowest BCUT2D eigenvalue weighted by Crippen LogP contribution is -2.56. The normalized spacial score (nSPS) is 33.4. The Kier molecular flexibility index (Phi) is 2.48. The standard InChI is InChI=1S/C17H18FN3O/c18-13-2-1-3-14-12(13)8-15(22-14)16-19-17(21-20-16)9-10-4-6-11(17)7-5-10/h1-3,8,10-11,21H,4-7,9H2,(H,19,20)/t10?,11?,17-/m1/s1. The van der Waals surface area contributed by atoms with Crippen molar-refractivity contribution in [3.63, 3.8) is 0 Å². The van der Waals surface area contributed by atoms with Gasteiger partial charge in [0.15, 0.2) is 11.6 Å². The molecule has 2 aromatic rings. The fraction of sp³-hybridized carbons (Fsp3) is 0.471. The number of aliphatic imine (C=N–C) groups is 1. The molecule has 0 radical (unpaired) electrons. The minimum absolute atomic E-state index is 0.186. The quantitative estimate of drug-likeness (QED) is 0.849. The number of nitrogens with one attached hydrogen (secondary N) is 2. The van der Waals surface area contributed by atoms with E-state index in [0.717, 1.165) is 12.3 Å². The molecule has 2 bridgehead atoms. The molecule has 22 heavy (non-hydrogen) atoms. The van der Waals surface area contributed by atoms with Crippen LogP contribution in [0.4, 0.5) is 4.39 Å². The summed E-state index contributed by atoms with van der Waals surface area (Å²) in [6, 6.07) is 6.63. The minimum atomic E-state index is -0.259. The maximum absolute atomic E-state index is 13.8. The lowest BCUT2D eigenvalue weighted by Gasteiger charge is -2.47. The molecule has 114 valence electrons. The van der Waals surface area contributed by atoms with E-state index in [-0.39, 0.29) is 11.5 Å². The number of amidine groups is 1. The molecule has 1 aliphatic heterocycles. The Morgan fingerprint density at radius 1 is 1.23 bits per heavy atom. The molecular formula is C17H18FN3O. The highest BCUT2D eigenvalue weighted by atomic mass is 19.1. The van der Waals surface area contributed by atoms with Gasteiger partial charge in [0.25, 0.3) is 0 Å². The summed E-state index contributed by atoms with van der Waals surface area (Å²) in [5.41, 5.74) is 6.96. The highest BCUT2D eigenvalue weighted by Crippen LogP contribution is 2.48. The van der Waals surface area contributed by atoms with Gasteiger partial charge in [-0.05, 0) is 62.1 Å². The smallest absolute Gasteiger partial charge is 0.181 e. The first-order valence-electron chi connectivity index (χ1n) is 8.05. The second kappa shape index (κ2) is 4.32. The third-order valence-corrected chi connectivity index (χ3v) is 5.57. The molecule has 3 saturated carbocycles. The summed E-state index contributed by atoms with van der Waals surface area (Å²) >= 11 is 0. The van der Waals surface area contributed by atoms with E-state index in [0.29, 0.717) is 28.5 Å². The summed E-state index contributed by atoms with van der Waals surface area (Å²) in [6.07, 6.45) is 6.22. The van der Waals surface area contributed by atoms with E-state index in [9.17, 15) is 4.39 Å². The summed E-state index contributed by atoms with van der Waals surface area (Å²) in [5, 5.41) is 0.508. The van der Waals surface area contributed by atoms with Gasteiger partial charge in [0.05, 0.1) is 5.39 Å². The molecule has 0 unspecified atom stereocenters. The zero-order valence-corrected chi connectivity index (χ0v) is 12.2. The van der Waals surface area contributed by atoms with Crippen molar-refractivity contribution in [2.24, 2.45) is 16.8 Å². The molecule has 0 amide bonds. The van der Waals surface area contributed by atoms with E-state index in [1.807, 2.05) is 0 Å². The van der Waals surface area contributed by atoms with Crippen LogP contribution in [0.25, 0.3) is 11.0 Å². The monoisotopic (exact) mass is 299 g/mol. The van der Waals surface area contributed by atoms with Gasteiger partial charge in [-0.15, -0.1) is 0 Å². The van der Waals surface area contributed by atoms with Crippen molar-refractivity contribution in [3.8, 4) is 0 Å². The Morgan fingerprint density at radius 2 is 2.09 bits per heavy atom. The van der Waals surface area contributed by atoms with Crippen molar-refractivity contribution in [3.05, 3.63) is 35.8 Å².